The second kappa shape index (κ2) is 8.85. The van der Waals surface area contributed by atoms with Crippen molar-refractivity contribution in [3.05, 3.63) is 35.9 Å². The number of rotatable bonds is 6. The largest absolute Gasteiger partial charge is 0.444 e. The van der Waals surface area contributed by atoms with Crippen LogP contribution >= 0.6 is 0 Å². The smallest absolute Gasteiger partial charge is 0.407 e. The summed E-state index contributed by atoms with van der Waals surface area (Å²) in [6, 6.07) is 9.08. The van der Waals surface area contributed by atoms with Gasteiger partial charge in [-0.2, -0.15) is 0 Å². The van der Waals surface area contributed by atoms with Crippen molar-refractivity contribution in [1.82, 2.24) is 15.1 Å². The fourth-order valence-corrected chi connectivity index (χ4v) is 2.56. The van der Waals surface area contributed by atoms with E-state index in [9.17, 15) is 9.59 Å². The van der Waals surface area contributed by atoms with Crippen LogP contribution in [0.1, 0.15) is 39.3 Å². The van der Waals surface area contributed by atoms with Crippen molar-refractivity contribution < 1.29 is 14.3 Å². The Hall–Kier alpha value is -2.08. The van der Waals surface area contributed by atoms with Gasteiger partial charge in [-0.1, -0.05) is 30.3 Å². The summed E-state index contributed by atoms with van der Waals surface area (Å²) in [6.07, 6.45) is -0.479. The number of ether oxygens (including phenoxy) is 1. The summed E-state index contributed by atoms with van der Waals surface area (Å²) in [7, 11) is 5.51. The zero-order valence-corrected chi connectivity index (χ0v) is 16.4. The molecular weight excluding hydrogens is 318 g/mol. The van der Waals surface area contributed by atoms with E-state index >= 15 is 0 Å². The number of alkyl carbamates (subject to hydrolysis) is 1. The van der Waals surface area contributed by atoms with Gasteiger partial charge in [-0.25, -0.2) is 4.79 Å². The Bertz CT molecular complexity index is 567. The highest BCUT2D eigenvalue weighted by molar-refractivity contribution is 5.83. The summed E-state index contributed by atoms with van der Waals surface area (Å²) < 4.78 is 5.24. The van der Waals surface area contributed by atoms with Crippen molar-refractivity contribution in [3.63, 3.8) is 0 Å². The molecule has 1 aromatic carbocycles. The van der Waals surface area contributed by atoms with Crippen molar-refractivity contribution >= 4 is 12.0 Å². The van der Waals surface area contributed by atoms with E-state index in [0.29, 0.717) is 6.54 Å². The summed E-state index contributed by atoms with van der Waals surface area (Å²) >= 11 is 0. The Morgan fingerprint density at radius 1 is 1.12 bits per heavy atom. The standard InChI is InChI=1S/C19H31N3O3/c1-14(20-18(24)25-19(2,3)4)13-22(7)17(23)16(21(5)6)15-11-9-8-10-12-15/h8-12,14,16H,13H2,1-7H3,(H,20,24). The van der Waals surface area contributed by atoms with Crippen molar-refractivity contribution in [2.75, 3.05) is 27.7 Å². The lowest BCUT2D eigenvalue weighted by molar-refractivity contribution is -0.135. The molecule has 0 bridgehead atoms. The number of nitrogens with one attached hydrogen (secondary N) is 1. The molecule has 1 rings (SSSR count). The molecule has 25 heavy (non-hydrogen) atoms. The molecule has 1 N–H and O–H groups in total. The van der Waals surface area contributed by atoms with Gasteiger partial charge >= 0.3 is 6.09 Å². The van der Waals surface area contributed by atoms with E-state index in [1.165, 1.54) is 0 Å². The first-order valence-corrected chi connectivity index (χ1v) is 8.47. The molecule has 2 atom stereocenters. The highest BCUT2D eigenvalue weighted by Crippen LogP contribution is 2.20. The van der Waals surface area contributed by atoms with Gasteiger partial charge in [0.1, 0.15) is 11.6 Å². The summed E-state index contributed by atoms with van der Waals surface area (Å²) in [5.74, 6) is -0.0194. The molecule has 0 spiro atoms. The lowest BCUT2D eigenvalue weighted by atomic mass is 10.0. The summed E-state index contributed by atoms with van der Waals surface area (Å²) in [4.78, 5) is 28.2. The van der Waals surface area contributed by atoms with Crippen LogP contribution < -0.4 is 5.32 Å². The van der Waals surface area contributed by atoms with Gasteiger partial charge in [0.25, 0.3) is 0 Å². The number of nitrogens with zero attached hydrogens (tertiary/aromatic N) is 2. The number of amides is 2. The minimum Gasteiger partial charge on any atom is -0.444 e. The van der Waals surface area contributed by atoms with E-state index in [4.69, 9.17) is 4.74 Å². The maximum atomic E-state index is 12.9. The number of carbonyl (C=O) groups excluding carboxylic acids is 2. The van der Waals surface area contributed by atoms with Crippen LogP contribution in [0.4, 0.5) is 4.79 Å². The third kappa shape index (κ3) is 7.13. The fraction of sp³-hybridized carbons (Fsp3) is 0.579. The van der Waals surface area contributed by atoms with E-state index < -0.39 is 11.7 Å². The van der Waals surface area contributed by atoms with Crippen LogP contribution in [-0.2, 0) is 9.53 Å². The van der Waals surface area contributed by atoms with Crippen LogP contribution in [-0.4, -0.2) is 61.1 Å². The summed E-state index contributed by atoms with van der Waals surface area (Å²) in [5, 5.41) is 2.76. The van der Waals surface area contributed by atoms with Crippen LogP contribution in [0.25, 0.3) is 0 Å². The van der Waals surface area contributed by atoms with Gasteiger partial charge in [0, 0.05) is 19.6 Å². The van der Waals surface area contributed by atoms with E-state index in [2.05, 4.69) is 5.32 Å². The molecular formula is C19H31N3O3. The minimum absolute atomic E-state index is 0.0194. The normalized spacial score (nSPS) is 13.9. The van der Waals surface area contributed by atoms with Crippen molar-refractivity contribution in [2.24, 2.45) is 0 Å². The molecule has 0 aliphatic carbocycles. The Labute approximate surface area is 151 Å². The van der Waals surface area contributed by atoms with Gasteiger partial charge in [-0.05, 0) is 47.4 Å². The lowest BCUT2D eigenvalue weighted by Gasteiger charge is -2.30. The Balaban J connectivity index is 2.69. The molecule has 0 heterocycles. The third-order valence-corrected chi connectivity index (χ3v) is 3.55. The van der Waals surface area contributed by atoms with Crippen molar-refractivity contribution in [3.8, 4) is 0 Å². The van der Waals surface area contributed by atoms with Crippen LogP contribution in [0.2, 0.25) is 0 Å². The van der Waals surface area contributed by atoms with Gasteiger partial charge in [-0.3, -0.25) is 9.69 Å². The summed E-state index contributed by atoms with van der Waals surface area (Å²) in [6.45, 7) is 7.69. The molecule has 0 radical (unpaired) electrons. The average molecular weight is 349 g/mol. The number of carbonyl (C=O) groups is 2. The third-order valence-electron chi connectivity index (χ3n) is 3.55. The molecule has 2 unspecified atom stereocenters. The van der Waals surface area contributed by atoms with E-state index in [-0.39, 0.29) is 18.0 Å². The lowest BCUT2D eigenvalue weighted by Crippen LogP contribution is -2.46. The zero-order chi connectivity index (χ0) is 19.2. The minimum atomic E-state index is -0.547. The fourth-order valence-electron chi connectivity index (χ4n) is 2.56. The Kier molecular flexibility index (Phi) is 7.42. The molecule has 0 aliphatic heterocycles. The van der Waals surface area contributed by atoms with Crippen LogP contribution in [0.5, 0.6) is 0 Å². The molecule has 0 aromatic heterocycles. The first-order valence-electron chi connectivity index (χ1n) is 8.47. The maximum Gasteiger partial charge on any atom is 0.407 e. The first kappa shape index (κ1) is 21.0. The van der Waals surface area contributed by atoms with Crippen LogP contribution in [0.3, 0.4) is 0 Å². The molecule has 0 fully saturated rings. The van der Waals surface area contributed by atoms with E-state index in [1.54, 1.807) is 11.9 Å². The monoisotopic (exact) mass is 349 g/mol. The van der Waals surface area contributed by atoms with Crippen molar-refractivity contribution in [1.29, 1.82) is 0 Å². The number of likely N-dealkylation sites (N-methyl/N-ethyl adjacent to an activating group) is 2. The predicted octanol–water partition coefficient (Wildman–Crippen LogP) is 2.66. The second-order valence-electron chi connectivity index (χ2n) is 7.54. The molecule has 1 aromatic rings. The first-order chi connectivity index (χ1) is 11.5. The van der Waals surface area contributed by atoms with Gasteiger partial charge < -0.3 is 15.0 Å². The molecule has 0 aliphatic rings. The quantitative estimate of drug-likeness (QED) is 0.858. The van der Waals surface area contributed by atoms with Gasteiger partial charge in [0.2, 0.25) is 5.91 Å². The molecule has 0 saturated carbocycles. The Morgan fingerprint density at radius 3 is 2.16 bits per heavy atom. The number of benzene rings is 1. The predicted molar refractivity (Wildman–Crippen MR) is 99.3 cm³/mol. The molecule has 2 amide bonds. The SMILES string of the molecule is CC(CN(C)C(=O)C(c1ccccc1)N(C)C)NC(=O)OC(C)(C)C. The molecule has 6 heteroatoms. The highest BCUT2D eigenvalue weighted by atomic mass is 16.6. The van der Waals surface area contributed by atoms with Gasteiger partial charge in [0.05, 0.1) is 0 Å². The zero-order valence-electron chi connectivity index (χ0n) is 16.4. The summed E-state index contributed by atoms with van der Waals surface area (Å²) in [5.41, 5.74) is 0.395. The number of hydrogen-bond donors (Lipinski definition) is 1. The van der Waals surface area contributed by atoms with E-state index in [0.717, 1.165) is 5.56 Å². The molecule has 140 valence electrons. The molecule has 0 saturated heterocycles. The second-order valence-corrected chi connectivity index (χ2v) is 7.54. The maximum absolute atomic E-state index is 12.9. The topological polar surface area (TPSA) is 61.9 Å². The Morgan fingerprint density at radius 2 is 1.68 bits per heavy atom. The number of hydrogen-bond acceptors (Lipinski definition) is 4. The van der Waals surface area contributed by atoms with Crippen LogP contribution in [0.15, 0.2) is 30.3 Å². The van der Waals surface area contributed by atoms with E-state index in [1.807, 2.05) is 77.0 Å². The van der Waals surface area contributed by atoms with Gasteiger partial charge in [0.15, 0.2) is 0 Å². The van der Waals surface area contributed by atoms with Gasteiger partial charge in [-0.15, -0.1) is 0 Å². The highest BCUT2D eigenvalue weighted by Gasteiger charge is 2.27. The molecule has 6 nitrogen and oxygen atoms in total. The van der Waals surface area contributed by atoms with Crippen LogP contribution in [0, 0.1) is 0 Å². The van der Waals surface area contributed by atoms with Crippen molar-refractivity contribution in [2.45, 2.75) is 45.4 Å². The average Bonchev–Trinajstić information content (AvgIpc) is 2.45.